The van der Waals surface area contributed by atoms with E-state index >= 15 is 0 Å². The number of hydrogen-bond acceptors (Lipinski definition) is 4. The topological polar surface area (TPSA) is 52.2 Å². The Kier molecular flexibility index (Phi) is 4.00. The molecule has 1 aliphatic rings. The molecule has 4 rings (SSSR count). The van der Waals surface area contributed by atoms with E-state index in [1.165, 1.54) is 18.5 Å². The lowest BCUT2D eigenvalue weighted by molar-refractivity contribution is 0.644. The molecule has 1 fully saturated rings. The molecule has 3 aromatic rings. The maximum absolute atomic E-state index is 12.6. The van der Waals surface area contributed by atoms with Gasteiger partial charge in [0.15, 0.2) is 5.65 Å². The van der Waals surface area contributed by atoms with Crippen molar-refractivity contribution in [3.05, 3.63) is 44.9 Å². The fraction of sp³-hybridized carbons (Fsp3) is 0.353. The van der Waals surface area contributed by atoms with Crippen molar-refractivity contribution in [2.24, 2.45) is 7.05 Å². The lowest BCUT2D eigenvalue weighted by atomic mass is 10.2. The minimum atomic E-state index is -0.0680. The second kappa shape index (κ2) is 6.04. The van der Waals surface area contributed by atoms with Crippen LogP contribution in [0.15, 0.2) is 38.6 Å². The van der Waals surface area contributed by atoms with Gasteiger partial charge < -0.3 is 0 Å². The number of hydrogen-bond donors (Lipinski definition) is 0. The van der Waals surface area contributed by atoms with E-state index in [1.807, 2.05) is 23.9 Å². The van der Waals surface area contributed by atoms with E-state index in [2.05, 4.69) is 27.8 Å². The summed E-state index contributed by atoms with van der Waals surface area (Å²) < 4.78 is 4.50. The second-order valence-electron chi connectivity index (χ2n) is 5.95. The van der Waals surface area contributed by atoms with Gasteiger partial charge in [0.2, 0.25) is 0 Å². The lowest BCUT2D eigenvalue weighted by Crippen LogP contribution is -2.20. The molecule has 0 radical (unpaired) electrons. The van der Waals surface area contributed by atoms with E-state index in [0.717, 1.165) is 20.8 Å². The number of fused-ring (bicyclic) bond motifs is 1. The quantitative estimate of drug-likeness (QED) is 0.619. The average Bonchev–Trinajstić information content (AvgIpc) is 3.32. The molecule has 0 aliphatic heterocycles. The Morgan fingerprint density at radius 1 is 1.33 bits per heavy atom. The summed E-state index contributed by atoms with van der Waals surface area (Å²) in [6.45, 7) is 2.10. The normalized spacial score (nSPS) is 14.5. The number of halogens is 1. The van der Waals surface area contributed by atoms with Gasteiger partial charge in [0, 0.05) is 46.4 Å². The highest BCUT2D eigenvalue weighted by molar-refractivity contribution is 9.10. The number of pyridine rings is 1. The number of aryl methyl sites for hydroxylation is 1. The summed E-state index contributed by atoms with van der Waals surface area (Å²) in [5.74, 6) is 1.50. The molecule has 3 heterocycles. The van der Waals surface area contributed by atoms with E-state index in [1.54, 1.807) is 28.5 Å². The molecule has 3 aromatic heterocycles. The van der Waals surface area contributed by atoms with Crippen LogP contribution in [0.5, 0.6) is 0 Å². The molecule has 24 heavy (non-hydrogen) atoms. The predicted octanol–water partition coefficient (Wildman–Crippen LogP) is 3.85. The van der Waals surface area contributed by atoms with Gasteiger partial charge in [-0.05, 0) is 40.6 Å². The maximum Gasteiger partial charge on any atom is 0.273 e. The largest absolute Gasteiger partial charge is 0.283 e. The van der Waals surface area contributed by atoms with Crippen LogP contribution in [0.1, 0.15) is 31.4 Å². The summed E-state index contributed by atoms with van der Waals surface area (Å²) >= 11 is 5.16. The van der Waals surface area contributed by atoms with Crippen molar-refractivity contribution in [1.29, 1.82) is 0 Å². The average molecular weight is 405 g/mol. The van der Waals surface area contributed by atoms with Crippen LogP contribution in [0.4, 0.5) is 0 Å². The van der Waals surface area contributed by atoms with Gasteiger partial charge in [0.1, 0.15) is 5.69 Å². The minimum absolute atomic E-state index is 0.0680. The molecule has 0 aromatic carbocycles. The molecule has 1 saturated carbocycles. The van der Waals surface area contributed by atoms with Crippen molar-refractivity contribution < 1.29 is 0 Å². The van der Waals surface area contributed by atoms with Crippen LogP contribution in [0.3, 0.4) is 0 Å². The summed E-state index contributed by atoms with van der Waals surface area (Å²) in [6, 6.07) is 5.65. The molecular formula is C17H17BrN4OS. The zero-order chi connectivity index (χ0) is 16.8. The fourth-order valence-electron chi connectivity index (χ4n) is 2.99. The van der Waals surface area contributed by atoms with E-state index in [-0.39, 0.29) is 5.56 Å². The highest BCUT2D eigenvalue weighted by Gasteiger charge is 2.28. The number of aromatic nitrogens is 4. The van der Waals surface area contributed by atoms with Gasteiger partial charge in [-0.2, -0.15) is 4.52 Å². The fourth-order valence-corrected chi connectivity index (χ4v) is 4.29. The molecule has 124 valence electrons. The summed E-state index contributed by atoms with van der Waals surface area (Å²) in [4.78, 5) is 22.9. The SMILES string of the molecule is CCSc1cc(Br)cnc1-c1cc(=O)n2c(cc(C3CC3)n2C)n1. The van der Waals surface area contributed by atoms with Gasteiger partial charge in [0.05, 0.1) is 5.69 Å². The van der Waals surface area contributed by atoms with Gasteiger partial charge in [-0.3, -0.25) is 14.5 Å². The van der Waals surface area contributed by atoms with Crippen LogP contribution in [-0.2, 0) is 7.05 Å². The summed E-state index contributed by atoms with van der Waals surface area (Å²) in [5, 5.41) is 0. The molecule has 0 bridgehead atoms. The van der Waals surface area contributed by atoms with Crippen molar-refractivity contribution in [2.45, 2.75) is 30.6 Å². The van der Waals surface area contributed by atoms with Crippen LogP contribution in [0.2, 0.25) is 0 Å². The van der Waals surface area contributed by atoms with Crippen LogP contribution in [-0.4, -0.2) is 24.9 Å². The third-order valence-corrected chi connectivity index (χ3v) is 5.57. The smallest absolute Gasteiger partial charge is 0.273 e. The molecule has 0 amide bonds. The molecule has 0 saturated heterocycles. The van der Waals surface area contributed by atoms with E-state index < -0.39 is 0 Å². The lowest BCUT2D eigenvalue weighted by Gasteiger charge is -2.08. The van der Waals surface area contributed by atoms with Gasteiger partial charge in [-0.25, -0.2) is 4.98 Å². The third-order valence-electron chi connectivity index (χ3n) is 4.23. The Morgan fingerprint density at radius 2 is 2.12 bits per heavy atom. The predicted molar refractivity (Wildman–Crippen MR) is 99.7 cm³/mol. The van der Waals surface area contributed by atoms with Crippen LogP contribution in [0, 0.1) is 0 Å². The van der Waals surface area contributed by atoms with Gasteiger partial charge in [0.25, 0.3) is 5.56 Å². The highest BCUT2D eigenvalue weighted by Crippen LogP contribution is 2.40. The monoisotopic (exact) mass is 404 g/mol. The summed E-state index contributed by atoms with van der Waals surface area (Å²) in [5.41, 5.74) is 3.21. The van der Waals surface area contributed by atoms with Gasteiger partial charge in [-0.15, -0.1) is 11.8 Å². The Balaban J connectivity index is 1.91. The first-order chi connectivity index (χ1) is 11.6. The van der Waals surface area contributed by atoms with E-state index in [9.17, 15) is 4.79 Å². The molecular weight excluding hydrogens is 388 g/mol. The standard InChI is InChI=1S/C17H17BrN4OS/c1-3-24-14-6-11(18)9-19-17(14)12-7-16(23)22-15(20-12)8-13(21(22)2)10-4-5-10/h6-10H,3-5H2,1-2H3. The Bertz CT molecular complexity index is 990. The Morgan fingerprint density at radius 3 is 2.83 bits per heavy atom. The first-order valence-electron chi connectivity index (χ1n) is 7.97. The summed E-state index contributed by atoms with van der Waals surface area (Å²) in [7, 11) is 1.93. The van der Waals surface area contributed by atoms with Crippen molar-refractivity contribution in [2.75, 3.05) is 5.75 Å². The molecule has 7 heteroatoms. The molecule has 0 unspecified atom stereocenters. The van der Waals surface area contributed by atoms with Crippen LogP contribution < -0.4 is 5.56 Å². The maximum atomic E-state index is 12.6. The van der Waals surface area contributed by atoms with Crippen molar-refractivity contribution in [1.82, 2.24) is 19.2 Å². The molecule has 5 nitrogen and oxygen atoms in total. The molecule has 0 spiro atoms. The third kappa shape index (κ3) is 2.69. The minimum Gasteiger partial charge on any atom is -0.283 e. The Labute approximate surface area is 152 Å². The van der Waals surface area contributed by atoms with Crippen molar-refractivity contribution in [3.63, 3.8) is 0 Å². The zero-order valence-electron chi connectivity index (χ0n) is 13.5. The zero-order valence-corrected chi connectivity index (χ0v) is 15.9. The highest BCUT2D eigenvalue weighted by atomic mass is 79.9. The van der Waals surface area contributed by atoms with Gasteiger partial charge in [-0.1, -0.05) is 6.92 Å². The van der Waals surface area contributed by atoms with Crippen molar-refractivity contribution in [3.8, 4) is 11.4 Å². The number of nitrogens with zero attached hydrogens (tertiary/aromatic N) is 4. The first-order valence-corrected chi connectivity index (χ1v) is 9.74. The first kappa shape index (κ1) is 15.9. The van der Waals surface area contributed by atoms with E-state index in [0.29, 0.717) is 17.3 Å². The van der Waals surface area contributed by atoms with E-state index in [4.69, 9.17) is 4.98 Å². The van der Waals surface area contributed by atoms with Crippen LogP contribution >= 0.6 is 27.7 Å². The number of thioether (sulfide) groups is 1. The van der Waals surface area contributed by atoms with Crippen LogP contribution in [0.25, 0.3) is 17.0 Å². The number of rotatable bonds is 4. The van der Waals surface area contributed by atoms with Gasteiger partial charge >= 0.3 is 0 Å². The Hall–Kier alpha value is -1.60. The summed E-state index contributed by atoms with van der Waals surface area (Å²) in [6.07, 6.45) is 4.13. The van der Waals surface area contributed by atoms with Crippen molar-refractivity contribution >= 4 is 33.3 Å². The molecule has 0 N–H and O–H groups in total. The molecule has 1 aliphatic carbocycles. The second-order valence-corrected chi connectivity index (χ2v) is 8.17. The molecule has 0 atom stereocenters.